The second-order valence-electron chi connectivity index (χ2n) is 6.77. The van der Waals surface area contributed by atoms with Crippen LogP contribution in [0, 0.1) is 6.92 Å². The van der Waals surface area contributed by atoms with Crippen LogP contribution in [0.3, 0.4) is 0 Å². The van der Waals surface area contributed by atoms with Gasteiger partial charge in [0.15, 0.2) is 11.5 Å². The van der Waals surface area contributed by atoms with E-state index in [9.17, 15) is 5.11 Å². The first kappa shape index (κ1) is 22.7. The van der Waals surface area contributed by atoms with E-state index in [4.69, 9.17) is 4.74 Å². The minimum absolute atomic E-state index is 0. The fraction of sp³-hybridized carbons (Fsp3) is 0.611. The van der Waals surface area contributed by atoms with Gasteiger partial charge in [-0.1, -0.05) is 53.7 Å². The third kappa shape index (κ3) is 5.98. The smallest absolute Gasteiger partial charge is 0.164 e. The number of rotatable bonds is 2. The molecule has 0 aliphatic heterocycles. The second-order valence-corrected chi connectivity index (χ2v) is 6.77. The third-order valence-corrected chi connectivity index (χ3v) is 3.04. The predicted octanol–water partition coefficient (Wildman–Crippen LogP) is 5.22. The Morgan fingerprint density at radius 3 is 1.67 bits per heavy atom. The van der Waals surface area contributed by atoms with E-state index in [-0.39, 0.29) is 36.1 Å². The summed E-state index contributed by atoms with van der Waals surface area (Å²) in [4.78, 5) is 0. The Balaban J connectivity index is 0. The predicted molar refractivity (Wildman–Crippen MR) is 87.7 cm³/mol. The summed E-state index contributed by atoms with van der Waals surface area (Å²) in [7, 11) is 0. The topological polar surface area (TPSA) is 29.5 Å². The Morgan fingerprint density at radius 1 is 0.952 bits per heavy atom. The molecular weight excluding hydrogens is 314 g/mol. The summed E-state index contributed by atoms with van der Waals surface area (Å²) < 4.78 is 5.68. The van der Waals surface area contributed by atoms with Crippen molar-refractivity contribution in [2.45, 2.75) is 66.2 Å². The Kier molecular flexibility index (Phi) is 9.50. The van der Waals surface area contributed by atoms with E-state index in [1.165, 1.54) is 0 Å². The number of aromatic hydroxyl groups is 1. The molecular formula is C18H31O2Zn-. The molecule has 0 aliphatic carbocycles. The first-order valence-electron chi connectivity index (χ1n) is 7.29. The van der Waals surface area contributed by atoms with E-state index in [0.717, 1.165) is 11.1 Å². The van der Waals surface area contributed by atoms with Gasteiger partial charge in [0.1, 0.15) is 0 Å². The zero-order valence-electron chi connectivity index (χ0n) is 15.1. The van der Waals surface area contributed by atoms with E-state index >= 15 is 0 Å². The SMILES string of the molecule is CCOc1c(C(C)(C)C)ccc(C(C)(C)C)c1O.[CH2-]C.[Zn]. The first-order chi connectivity index (χ1) is 9.09. The number of hydrogen-bond donors (Lipinski definition) is 1. The van der Waals surface area contributed by atoms with Crippen molar-refractivity contribution in [3.63, 3.8) is 0 Å². The second kappa shape index (κ2) is 8.78. The van der Waals surface area contributed by atoms with Gasteiger partial charge in [-0.25, -0.2) is 0 Å². The van der Waals surface area contributed by atoms with Crippen molar-refractivity contribution in [3.05, 3.63) is 30.2 Å². The molecule has 0 fully saturated rings. The van der Waals surface area contributed by atoms with Crippen molar-refractivity contribution >= 4 is 0 Å². The molecule has 0 unspecified atom stereocenters. The summed E-state index contributed by atoms with van der Waals surface area (Å²) in [5.41, 5.74) is 1.85. The van der Waals surface area contributed by atoms with Crippen LogP contribution in [0.1, 0.15) is 66.5 Å². The molecule has 3 heteroatoms. The number of phenolic OH excluding ortho intramolecular Hbond substituents is 1. The largest absolute Gasteiger partial charge is 0.504 e. The van der Waals surface area contributed by atoms with Crippen LogP contribution in [0.15, 0.2) is 12.1 Å². The number of hydrogen-bond acceptors (Lipinski definition) is 2. The fourth-order valence-electron chi connectivity index (χ4n) is 2.06. The molecule has 0 radical (unpaired) electrons. The van der Waals surface area contributed by atoms with Crippen LogP contribution in [0.4, 0.5) is 0 Å². The summed E-state index contributed by atoms with van der Waals surface area (Å²) in [5, 5.41) is 10.5. The molecule has 1 aromatic carbocycles. The maximum Gasteiger partial charge on any atom is 0.164 e. The molecule has 0 heterocycles. The molecule has 1 aromatic rings. The van der Waals surface area contributed by atoms with Gasteiger partial charge < -0.3 is 16.8 Å². The van der Waals surface area contributed by atoms with Crippen LogP contribution >= 0.6 is 0 Å². The van der Waals surface area contributed by atoms with Gasteiger partial charge in [0.2, 0.25) is 0 Å². The monoisotopic (exact) mass is 343 g/mol. The molecule has 0 saturated heterocycles. The molecule has 0 bridgehead atoms. The van der Waals surface area contributed by atoms with Crippen LogP contribution in [-0.2, 0) is 30.3 Å². The van der Waals surface area contributed by atoms with Crippen molar-refractivity contribution in [2.24, 2.45) is 0 Å². The summed E-state index contributed by atoms with van der Waals surface area (Å²) in [6.07, 6.45) is 0. The van der Waals surface area contributed by atoms with Crippen molar-refractivity contribution in [1.82, 2.24) is 0 Å². The Morgan fingerprint density at radius 2 is 1.33 bits per heavy atom. The average molecular weight is 345 g/mol. The van der Waals surface area contributed by atoms with Crippen molar-refractivity contribution in [3.8, 4) is 11.5 Å². The Labute approximate surface area is 144 Å². The number of phenols is 1. The van der Waals surface area contributed by atoms with Crippen LogP contribution in [0.5, 0.6) is 11.5 Å². The third-order valence-electron chi connectivity index (χ3n) is 3.04. The molecule has 1 N–H and O–H groups in total. The minimum Gasteiger partial charge on any atom is -0.504 e. The van der Waals surface area contributed by atoms with Crippen molar-refractivity contribution in [2.75, 3.05) is 6.61 Å². The zero-order chi connectivity index (χ0) is 16.1. The van der Waals surface area contributed by atoms with Crippen molar-refractivity contribution in [1.29, 1.82) is 0 Å². The Bertz CT molecular complexity index is 426. The van der Waals surface area contributed by atoms with E-state index in [0.29, 0.717) is 12.4 Å². The molecule has 21 heavy (non-hydrogen) atoms. The van der Waals surface area contributed by atoms with Crippen LogP contribution in [-0.4, -0.2) is 11.7 Å². The maximum atomic E-state index is 10.5. The van der Waals surface area contributed by atoms with Gasteiger partial charge in [0.25, 0.3) is 0 Å². The van der Waals surface area contributed by atoms with Gasteiger partial charge in [0, 0.05) is 30.6 Å². The van der Waals surface area contributed by atoms with Gasteiger partial charge >= 0.3 is 0 Å². The molecule has 0 atom stereocenters. The van der Waals surface area contributed by atoms with Gasteiger partial charge in [0.05, 0.1) is 6.61 Å². The molecule has 0 amide bonds. The molecule has 118 valence electrons. The molecule has 1 rings (SSSR count). The molecule has 0 saturated carbocycles. The fourth-order valence-corrected chi connectivity index (χ4v) is 2.06. The van der Waals surface area contributed by atoms with Crippen molar-refractivity contribution < 1.29 is 29.3 Å². The minimum atomic E-state index is -0.0909. The summed E-state index contributed by atoms with van der Waals surface area (Å²) in [6, 6.07) is 4.09. The van der Waals surface area contributed by atoms with Gasteiger partial charge in [-0.05, 0) is 17.8 Å². The van der Waals surface area contributed by atoms with E-state index in [1.807, 2.05) is 13.0 Å². The normalized spacial score (nSPS) is 11.1. The number of benzene rings is 1. The van der Waals surface area contributed by atoms with Gasteiger partial charge in [-0.3, -0.25) is 0 Å². The van der Waals surface area contributed by atoms with Crippen LogP contribution in [0.25, 0.3) is 0 Å². The van der Waals surface area contributed by atoms with E-state index < -0.39 is 0 Å². The van der Waals surface area contributed by atoms with Gasteiger partial charge in [-0.15, -0.1) is 0 Å². The number of ether oxygens (including phenoxy) is 1. The maximum absolute atomic E-state index is 10.5. The summed E-state index contributed by atoms with van der Waals surface area (Å²) in [6.45, 7) is 20.2. The van der Waals surface area contributed by atoms with Gasteiger partial charge in [-0.2, -0.15) is 6.92 Å². The van der Waals surface area contributed by atoms with E-state index in [1.54, 1.807) is 6.92 Å². The standard InChI is InChI=1S/C16H26O2.C2H5.Zn/c1-8-18-14-12(16(5,6)7)10-9-11(13(14)17)15(2,3)4;1-2;/h9-10,17H,8H2,1-7H3;1H2,2H3;/q;-1;. The van der Waals surface area contributed by atoms with Crippen LogP contribution < -0.4 is 4.74 Å². The molecule has 0 aromatic heterocycles. The van der Waals surface area contributed by atoms with E-state index in [2.05, 4.69) is 54.5 Å². The zero-order valence-corrected chi connectivity index (χ0v) is 18.1. The summed E-state index contributed by atoms with van der Waals surface area (Å²) in [5.74, 6) is 0.925. The summed E-state index contributed by atoms with van der Waals surface area (Å²) >= 11 is 0. The average Bonchev–Trinajstić information content (AvgIpc) is 2.31. The Hall–Kier alpha value is -0.557. The van der Waals surface area contributed by atoms with Crippen LogP contribution in [0.2, 0.25) is 0 Å². The quantitative estimate of drug-likeness (QED) is 0.588. The first-order valence-corrected chi connectivity index (χ1v) is 7.29. The molecule has 0 spiro atoms. The molecule has 0 aliphatic rings. The molecule has 2 nitrogen and oxygen atoms in total.